The number of rotatable bonds is 7. The van der Waals surface area contributed by atoms with Crippen LogP contribution < -0.4 is 5.32 Å². The summed E-state index contributed by atoms with van der Waals surface area (Å²) in [7, 11) is 1.73. The summed E-state index contributed by atoms with van der Waals surface area (Å²) in [6, 6.07) is 0.661. The van der Waals surface area contributed by atoms with Gasteiger partial charge in [0.25, 0.3) is 0 Å². The van der Waals surface area contributed by atoms with Crippen molar-refractivity contribution in [2.45, 2.75) is 64.2 Å². The highest BCUT2D eigenvalue weighted by atomic mass is 16.5. The molecule has 1 fully saturated rings. The second kappa shape index (κ2) is 8.04. The Labute approximate surface area is 99.9 Å². The maximum atomic E-state index is 5.98. The highest BCUT2D eigenvalue weighted by molar-refractivity contribution is 4.78. The molecule has 0 aliphatic heterocycles. The average Bonchev–Trinajstić information content (AvgIpc) is 2.27. The van der Waals surface area contributed by atoms with E-state index in [1.165, 1.54) is 25.7 Å². The van der Waals surface area contributed by atoms with Gasteiger partial charge in [0.15, 0.2) is 0 Å². The van der Waals surface area contributed by atoms with Gasteiger partial charge in [-0.1, -0.05) is 6.92 Å². The zero-order valence-electron chi connectivity index (χ0n) is 11.0. The Hall–Kier alpha value is -0.120. The van der Waals surface area contributed by atoms with Crippen LogP contribution in [0.15, 0.2) is 0 Å². The lowest BCUT2D eigenvalue weighted by molar-refractivity contribution is -0.0560. The third-order valence-electron chi connectivity index (χ3n) is 3.14. The average molecular weight is 229 g/mol. The third kappa shape index (κ3) is 5.28. The van der Waals surface area contributed by atoms with E-state index in [1.54, 1.807) is 7.11 Å². The SMILES string of the molecule is CCCNC1CCCC(OC(C)COC)C1. The smallest absolute Gasteiger partial charge is 0.0784 e. The Morgan fingerprint density at radius 1 is 1.38 bits per heavy atom. The van der Waals surface area contributed by atoms with Crippen LogP contribution in [0.5, 0.6) is 0 Å². The Balaban J connectivity index is 2.21. The zero-order chi connectivity index (χ0) is 11.8. The van der Waals surface area contributed by atoms with Gasteiger partial charge in [0.05, 0.1) is 18.8 Å². The Morgan fingerprint density at radius 3 is 2.88 bits per heavy atom. The molecular weight excluding hydrogens is 202 g/mol. The summed E-state index contributed by atoms with van der Waals surface area (Å²) >= 11 is 0. The van der Waals surface area contributed by atoms with Crippen LogP contribution in [0.1, 0.15) is 46.0 Å². The molecule has 1 saturated carbocycles. The van der Waals surface area contributed by atoms with Crippen molar-refractivity contribution in [1.82, 2.24) is 5.32 Å². The van der Waals surface area contributed by atoms with E-state index in [0.29, 0.717) is 18.8 Å². The number of hydrogen-bond acceptors (Lipinski definition) is 3. The summed E-state index contributed by atoms with van der Waals surface area (Å²) in [5.74, 6) is 0. The van der Waals surface area contributed by atoms with E-state index in [0.717, 1.165) is 13.0 Å². The molecule has 3 heteroatoms. The van der Waals surface area contributed by atoms with E-state index in [-0.39, 0.29) is 6.10 Å². The monoisotopic (exact) mass is 229 g/mol. The maximum absolute atomic E-state index is 5.98. The molecule has 0 saturated heterocycles. The van der Waals surface area contributed by atoms with Crippen molar-refractivity contribution in [1.29, 1.82) is 0 Å². The van der Waals surface area contributed by atoms with E-state index in [9.17, 15) is 0 Å². The minimum absolute atomic E-state index is 0.222. The summed E-state index contributed by atoms with van der Waals surface area (Å²) in [5.41, 5.74) is 0. The lowest BCUT2D eigenvalue weighted by Crippen LogP contribution is -2.38. The van der Waals surface area contributed by atoms with Crippen LogP contribution in [-0.4, -0.2) is 38.5 Å². The first kappa shape index (κ1) is 13.9. The van der Waals surface area contributed by atoms with Gasteiger partial charge in [0, 0.05) is 13.2 Å². The van der Waals surface area contributed by atoms with Crippen molar-refractivity contribution in [3.63, 3.8) is 0 Å². The molecule has 0 aromatic carbocycles. The number of ether oxygens (including phenoxy) is 2. The topological polar surface area (TPSA) is 30.5 Å². The molecule has 1 aliphatic carbocycles. The Morgan fingerprint density at radius 2 is 2.19 bits per heavy atom. The van der Waals surface area contributed by atoms with Crippen LogP contribution in [-0.2, 0) is 9.47 Å². The lowest BCUT2D eigenvalue weighted by atomic mass is 9.92. The number of nitrogens with one attached hydrogen (secondary N) is 1. The van der Waals surface area contributed by atoms with E-state index < -0.39 is 0 Å². The Bertz CT molecular complexity index is 175. The molecule has 16 heavy (non-hydrogen) atoms. The first-order valence-electron chi connectivity index (χ1n) is 6.64. The van der Waals surface area contributed by atoms with Crippen molar-refractivity contribution in [2.75, 3.05) is 20.3 Å². The van der Waals surface area contributed by atoms with Crippen LogP contribution in [0.4, 0.5) is 0 Å². The molecule has 3 unspecified atom stereocenters. The summed E-state index contributed by atoms with van der Waals surface area (Å²) in [6.45, 7) is 6.13. The van der Waals surface area contributed by atoms with Crippen LogP contribution in [0.2, 0.25) is 0 Å². The molecule has 3 atom stereocenters. The molecule has 1 rings (SSSR count). The van der Waals surface area contributed by atoms with Gasteiger partial charge >= 0.3 is 0 Å². The van der Waals surface area contributed by atoms with Crippen molar-refractivity contribution >= 4 is 0 Å². The molecule has 0 spiro atoms. The highest BCUT2D eigenvalue weighted by Crippen LogP contribution is 2.22. The number of hydrogen-bond donors (Lipinski definition) is 1. The fourth-order valence-corrected chi connectivity index (χ4v) is 2.40. The van der Waals surface area contributed by atoms with Crippen LogP contribution in [0.25, 0.3) is 0 Å². The third-order valence-corrected chi connectivity index (χ3v) is 3.14. The van der Waals surface area contributed by atoms with Crippen molar-refractivity contribution in [2.24, 2.45) is 0 Å². The van der Waals surface area contributed by atoms with Gasteiger partial charge in [0.2, 0.25) is 0 Å². The quantitative estimate of drug-likeness (QED) is 0.727. The molecule has 0 aromatic rings. The van der Waals surface area contributed by atoms with Gasteiger partial charge < -0.3 is 14.8 Å². The molecule has 96 valence electrons. The fourth-order valence-electron chi connectivity index (χ4n) is 2.40. The van der Waals surface area contributed by atoms with Gasteiger partial charge in [-0.15, -0.1) is 0 Å². The van der Waals surface area contributed by atoms with Gasteiger partial charge in [-0.25, -0.2) is 0 Å². The van der Waals surface area contributed by atoms with Crippen LogP contribution >= 0.6 is 0 Å². The van der Waals surface area contributed by atoms with Crippen LogP contribution in [0.3, 0.4) is 0 Å². The lowest BCUT2D eigenvalue weighted by Gasteiger charge is -2.31. The first-order chi connectivity index (χ1) is 7.76. The molecule has 0 amide bonds. The van der Waals surface area contributed by atoms with Crippen molar-refractivity contribution in [3.8, 4) is 0 Å². The van der Waals surface area contributed by atoms with Crippen LogP contribution in [0, 0.1) is 0 Å². The van der Waals surface area contributed by atoms with E-state index in [4.69, 9.17) is 9.47 Å². The van der Waals surface area contributed by atoms with E-state index in [2.05, 4.69) is 19.2 Å². The molecule has 1 aliphatic rings. The normalized spacial score (nSPS) is 27.9. The predicted octanol–water partition coefficient (Wildman–Crippen LogP) is 2.35. The fraction of sp³-hybridized carbons (Fsp3) is 1.00. The summed E-state index contributed by atoms with van der Waals surface area (Å²) in [5, 5.41) is 3.60. The van der Waals surface area contributed by atoms with E-state index in [1.807, 2.05) is 0 Å². The minimum Gasteiger partial charge on any atom is -0.382 e. The molecule has 0 radical (unpaired) electrons. The molecule has 1 N–H and O–H groups in total. The minimum atomic E-state index is 0.222. The Kier molecular flexibility index (Phi) is 7.01. The molecule has 3 nitrogen and oxygen atoms in total. The largest absolute Gasteiger partial charge is 0.382 e. The zero-order valence-corrected chi connectivity index (χ0v) is 11.0. The summed E-state index contributed by atoms with van der Waals surface area (Å²) in [6.07, 6.45) is 6.81. The molecule has 0 heterocycles. The second-order valence-corrected chi connectivity index (χ2v) is 4.84. The standard InChI is InChI=1S/C13H27NO2/c1-4-8-14-12-6-5-7-13(9-12)16-11(2)10-15-3/h11-14H,4-10H2,1-3H3. The molecule has 0 aromatic heterocycles. The highest BCUT2D eigenvalue weighted by Gasteiger charge is 2.23. The van der Waals surface area contributed by atoms with E-state index >= 15 is 0 Å². The summed E-state index contributed by atoms with van der Waals surface area (Å²) < 4.78 is 11.1. The number of methoxy groups -OCH3 is 1. The maximum Gasteiger partial charge on any atom is 0.0784 e. The molecular formula is C13H27NO2. The van der Waals surface area contributed by atoms with Gasteiger partial charge in [-0.3, -0.25) is 0 Å². The first-order valence-corrected chi connectivity index (χ1v) is 6.64. The van der Waals surface area contributed by atoms with Crippen molar-refractivity contribution in [3.05, 3.63) is 0 Å². The molecule has 0 bridgehead atoms. The van der Waals surface area contributed by atoms with Gasteiger partial charge in [0.1, 0.15) is 0 Å². The second-order valence-electron chi connectivity index (χ2n) is 4.84. The van der Waals surface area contributed by atoms with Gasteiger partial charge in [-0.2, -0.15) is 0 Å². The summed E-state index contributed by atoms with van der Waals surface area (Å²) in [4.78, 5) is 0. The predicted molar refractivity (Wildman–Crippen MR) is 66.8 cm³/mol. The van der Waals surface area contributed by atoms with Crippen molar-refractivity contribution < 1.29 is 9.47 Å². The van der Waals surface area contributed by atoms with Gasteiger partial charge in [-0.05, 0) is 45.6 Å².